The molecule has 1 amide bonds. The Kier molecular flexibility index (Phi) is 2.83. The Hall–Kier alpha value is -2.89. The van der Waals surface area contributed by atoms with Crippen LogP contribution in [0.2, 0.25) is 0 Å². The number of hydrogen-bond acceptors (Lipinski definition) is 3. The smallest absolute Gasteiger partial charge is 0.255 e. The van der Waals surface area contributed by atoms with Crippen LogP contribution in [-0.4, -0.2) is 21.2 Å². The standard InChI is InChI=1S/C14H10FN3O2/c15-11-6-10(19)3-4-12(11)17-14(20)8-1-2-9-7-16-18-13(9)5-8/h1-7,19H,(H,16,18)(H,17,20). The molecule has 0 saturated carbocycles. The normalized spacial score (nSPS) is 10.7. The average Bonchev–Trinajstić information content (AvgIpc) is 2.89. The van der Waals surface area contributed by atoms with Crippen molar-refractivity contribution in [3.05, 3.63) is 54.0 Å². The molecule has 3 N–H and O–H groups in total. The summed E-state index contributed by atoms with van der Waals surface area (Å²) in [6.07, 6.45) is 1.65. The van der Waals surface area contributed by atoms with Gasteiger partial charge in [0.05, 0.1) is 17.4 Å². The number of H-pyrrole nitrogens is 1. The number of aromatic amines is 1. The minimum absolute atomic E-state index is 0.0116. The number of nitrogens with one attached hydrogen (secondary N) is 2. The van der Waals surface area contributed by atoms with Crippen LogP contribution in [0.15, 0.2) is 42.6 Å². The number of carbonyl (C=O) groups excluding carboxylic acids is 1. The number of amides is 1. The van der Waals surface area contributed by atoms with E-state index in [1.165, 1.54) is 12.1 Å². The number of halogens is 1. The lowest BCUT2D eigenvalue weighted by Crippen LogP contribution is -2.12. The number of rotatable bonds is 2. The molecule has 1 aromatic heterocycles. The maximum Gasteiger partial charge on any atom is 0.255 e. The van der Waals surface area contributed by atoms with E-state index < -0.39 is 11.7 Å². The van der Waals surface area contributed by atoms with E-state index in [0.717, 1.165) is 17.0 Å². The van der Waals surface area contributed by atoms with Crippen molar-refractivity contribution in [3.8, 4) is 5.75 Å². The van der Waals surface area contributed by atoms with Gasteiger partial charge in [-0.2, -0.15) is 5.10 Å². The van der Waals surface area contributed by atoms with E-state index in [-0.39, 0.29) is 11.4 Å². The molecular formula is C14H10FN3O2. The van der Waals surface area contributed by atoms with Gasteiger partial charge in [-0.1, -0.05) is 6.07 Å². The quantitative estimate of drug-likeness (QED) is 0.627. The molecule has 0 spiro atoms. The molecule has 0 atom stereocenters. The fourth-order valence-electron chi connectivity index (χ4n) is 1.88. The largest absolute Gasteiger partial charge is 0.508 e. The molecule has 0 radical (unpaired) electrons. The molecule has 0 aliphatic heterocycles. The van der Waals surface area contributed by atoms with Gasteiger partial charge in [-0.05, 0) is 24.3 Å². The van der Waals surface area contributed by atoms with Crippen LogP contribution in [0.5, 0.6) is 5.75 Å². The summed E-state index contributed by atoms with van der Waals surface area (Å²) < 4.78 is 13.5. The highest BCUT2D eigenvalue weighted by Crippen LogP contribution is 2.20. The van der Waals surface area contributed by atoms with Gasteiger partial charge in [-0.3, -0.25) is 9.89 Å². The van der Waals surface area contributed by atoms with Crippen molar-refractivity contribution in [3.63, 3.8) is 0 Å². The minimum atomic E-state index is -0.694. The van der Waals surface area contributed by atoms with Gasteiger partial charge in [-0.15, -0.1) is 0 Å². The average molecular weight is 271 g/mol. The first-order valence-corrected chi connectivity index (χ1v) is 5.86. The van der Waals surface area contributed by atoms with Gasteiger partial charge in [0.1, 0.15) is 11.6 Å². The van der Waals surface area contributed by atoms with E-state index in [4.69, 9.17) is 5.11 Å². The summed E-state index contributed by atoms with van der Waals surface area (Å²) in [7, 11) is 0. The number of hydrogen-bond donors (Lipinski definition) is 3. The van der Waals surface area contributed by atoms with Crippen LogP contribution in [0.1, 0.15) is 10.4 Å². The molecule has 6 heteroatoms. The Bertz CT molecular complexity index is 798. The van der Waals surface area contributed by atoms with Crippen LogP contribution < -0.4 is 5.32 Å². The van der Waals surface area contributed by atoms with Gasteiger partial charge >= 0.3 is 0 Å². The molecule has 0 bridgehead atoms. The third kappa shape index (κ3) is 2.18. The van der Waals surface area contributed by atoms with E-state index in [2.05, 4.69) is 15.5 Å². The maximum atomic E-state index is 13.5. The summed E-state index contributed by atoms with van der Waals surface area (Å²) in [5.41, 5.74) is 1.12. The Morgan fingerprint density at radius 1 is 1.25 bits per heavy atom. The van der Waals surface area contributed by atoms with Crippen LogP contribution >= 0.6 is 0 Å². The highest BCUT2D eigenvalue weighted by Gasteiger charge is 2.10. The molecule has 3 rings (SSSR count). The molecule has 0 fully saturated rings. The molecule has 3 aromatic rings. The van der Waals surface area contributed by atoms with Gasteiger partial charge in [0.2, 0.25) is 0 Å². The molecule has 0 aliphatic rings. The molecule has 0 unspecified atom stereocenters. The predicted molar refractivity (Wildman–Crippen MR) is 72.1 cm³/mol. The Balaban J connectivity index is 1.88. The fraction of sp³-hybridized carbons (Fsp3) is 0. The van der Waals surface area contributed by atoms with Crippen molar-refractivity contribution < 1.29 is 14.3 Å². The highest BCUT2D eigenvalue weighted by atomic mass is 19.1. The number of phenols is 1. The topological polar surface area (TPSA) is 78.0 Å². The number of fused-ring (bicyclic) bond motifs is 1. The van der Waals surface area contributed by atoms with E-state index in [0.29, 0.717) is 5.56 Å². The summed E-state index contributed by atoms with van der Waals surface area (Å²) in [5.74, 6) is -1.33. The number of benzene rings is 2. The summed E-state index contributed by atoms with van der Waals surface area (Å²) in [4.78, 5) is 12.0. The zero-order chi connectivity index (χ0) is 14.1. The van der Waals surface area contributed by atoms with Crippen molar-refractivity contribution >= 4 is 22.5 Å². The van der Waals surface area contributed by atoms with Crippen molar-refractivity contribution in [2.75, 3.05) is 5.32 Å². The summed E-state index contributed by atoms with van der Waals surface area (Å²) in [6, 6.07) is 8.56. The Morgan fingerprint density at radius 3 is 2.90 bits per heavy atom. The second-order valence-electron chi connectivity index (χ2n) is 4.29. The van der Waals surface area contributed by atoms with E-state index in [1.54, 1.807) is 24.4 Å². The third-order valence-corrected chi connectivity index (χ3v) is 2.90. The van der Waals surface area contributed by atoms with Gasteiger partial charge in [0.25, 0.3) is 5.91 Å². The Morgan fingerprint density at radius 2 is 2.10 bits per heavy atom. The van der Waals surface area contributed by atoms with E-state index >= 15 is 0 Å². The monoisotopic (exact) mass is 271 g/mol. The van der Waals surface area contributed by atoms with Gasteiger partial charge < -0.3 is 10.4 Å². The SMILES string of the molecule is O=C(Nc1ccc(O)cc1F)c1ccc2cn[nH]c2c1. The number of aromatic nitrogens is 2. The maximum absolute atomic E-state index is 13.5. The molecule has 100 valence electrons. The van der Waals surface area contributed by atoms with Crippen molar-refractivity contribution in [2.24, 2.45) is 0 Å². The minimum Gasteiger partial charge on any atom is -0.508 e. The first-order chi connectivity index (χ1) is 9.63. The van der Waals surface area contributed by atoms with Crippen LogP contribution in [0.3, 0.4) is 0 Å². The molecule has 0 saturated heterocycles. The van der Waals surface area contributed by atoms with Crippen LogP contribution in [0, 0.1) is 5.82 Å². The zero-order valence-corrected chi connectivity index (χ0v) is 10.2. The van der Waals surface area contributed by atoms with Gasteiger partial charge in [-0.25, -0.2) is 4.39 Å². The lowest BCUT2D eigenvalue weighted by Gasteiger charge is -2.06. The number of carbonyl (C=O) groups is 1. The fourth-order valence-corrected chi connectivity index (χ4v) is 1.88. The highest BCUT2D eigenvalue weighted by molar-refractivity contribution is 6.06. The molecule has 0 aliphatic carbocycles. The molecular weight excluding hydrogens is 261 g/mol. The molecule has 20 heavy (non-hydrogen) atoms. The Labute approximate surface area is 113 Å². The number of anilines is 1. The van der Waals surface area contributed by atoms with Crippen LogP contribution in [0.4, 0.5) is 10.1 Å². The summed E-state index contributed by atoms with van der Waals surface area (Å²) in [5, 5.41) is 19.1. The van der Waals surface area contributed by atoms with E-state index in [9.17, 15) is 9.18 Å². The predicted octanol–water partition coefficient (Wildman–Crippen LogP) is 2.66. The van der Waals surface area contributed by atoms with Crippen molar-refractivity contribution in [1.82, 2.24) is 10.2 Å². The molecule has 1 heterocycles. The second kappa shape index (κ2) is 4.65. The lowest BCUT2D eigenvalue weighted by atomic mass is 10.1. The lowest BCUT2D eigenvalue weighted by molar-refractivity contribution is 0.102. The second-order valence-corrected chi connectivity index (χ2v) is 4.29. The van der Waals surface area contributed by atoms with Gasteiger partial charge in [0.15, 0.2) is 0 Å². The summed E-state index contributed by atoms with van der Waals surface area (Å²) >= 11 is 0. The summed E-state index contributed by atoms with van der Waals surface area (Å²) in [6.45, 7) is 0. The number of aromatic hydroxyl groups is 1. The first kappa shape index (κ1) is 12.2. The van der Waals surface area contributed by atoms with Crippen LogP contribution in [-0.2, 0) is 0 Å². The van der Waals surface area contributed by atoms with Crippen molar-refractivity contribution in [2.45, 2.75) is 0 Å². The zero-order valence-electron chi connectivity index (χ0n) is 10.2. The van der Waals surface area contributed by atoms with Gasteiger partial charge in [0, 0.05) is 17.0 Å². The number of phenolic OH excluding ortho intramolecular Hbond substituents is 1. The third-order valence-electron chi connectivity index (χ3n) is 2.90. The molecule has 5 nitrogen and oxygen atoms in total. The first-order valence-electron chi connectivity index (χ1n) is 5.86. The number of nitrogens with zero attached hydrogens (tertiary/aromatic N) is 1. The molecule has 2 aromatic carbocycles. The van der Waals surface area contributed by atoms with E-state index in [1.807, 2.05) is 0 Å². The van der Waals surface area contributed by atoms with Crippen LogP contribution in [0.25, 0.3) is 10.9 Å². The van der Waals surface area contributed by atoms with Crippen molar-refractivity contribution in [1.29, 1.82) is 0 Å².